The van der Waals surface area contributed by atoms with Gasteiger partial charge in [0.1, 0.15) is 0 Å². The minimum atomic E-state index is -0.180. The molecule has 0 aliphatic carbocycles. The van der Waals surface area contributed by atoms with Crippen LogP contribution in [0.4, 0.5) is 5.69 Å². The lowest BCUT2D eigenvalue weighted by atomic mass is 10.1. The Morgan fingerprint density at radius 3 is 2.83 bits per heavy atom. The van der Waals surface area contributed by atoms with Crippen LogP contribution >= 0.6 is 15.9 Å². The van der Waals surface area contributed by atoms with Crippen molar-refractivity contribution < 1.29 is 14.6 Å². The van der Waals surface area contributed by atoms with Gasteiger partial charge in [0.2, 0.25) is 0 Å². The number of hydrogen-bond acceptors (Lipinski definition) is 4. The number of nitrogens with two attached hydrogens (primary N) is 1. The third-order valence-corrected chi connectivity index (χ3v) is 3.13. The van der Waals surface area contributed by atoms with Gasteiger partial charge in [0.15, 0.2) is 0 Å². The third kappa shape index (κ3) is 3.97. The van der Waals surface area contributed by atoms with Crippen LogP contribution in [0.2, 0.25) is 0 Å². The summed E-state index contributed by atoms with van der Waals surface area (Å²) in [5, 5.41) is 8.98. The molecule has 0 aliphatic heterocycles. The van der Waals surface area contributed by atoms with Crippen molar-refractivity contribution in [2.24, 2.45) is 0 Å². The molecule has 0 atom stereocenters. The Balaban J connectivity index is 2.90. The second kappa shape index (κ2) is 7.35. The maximum absolute atomic E-state index is 12.3. The van der Waals surface area contributed by atoms with Crippen molar-refractivity contribution in [3.05, 3.63) is 28.2 Å². The van der Waals surface area contributed by atoms with Gasteiger partial charge in [-0.05, 0) is 34.1 Å². The quantitative estimate of drug-likeness (QED) is 0.771. The number of aliphatic hydroxyl groups excluding tert-OH is 1. The molecular formula is C12H17BrN2O3. The summed E-state index contributed by atoms with van der Waals surface area (Å²) >= 11 is 3.32. The minimum absolute atomic E-state index is 0.0879. The summed E-state index contributed by atoms with van der Waals surface area (Å²) in [7, 11) is 1.57. The summed E-state index contributed by atoms with van der Waals surface area (Å²) in [5.41, 5.74) is 6.68. The maximum Gasteiger partial charge on any atom is 0.255 e. The number of halogens is 1. The number of anilines is 1. The Labute approximate surface area is 115 Å². The molecule has 0 radical (unpaired) electrons. The van der Waals surface area contributed by atoms with E-state index >= 15 is 0 Å². The fourth-order valence-corrected chi connectivity index (χ4v) is 1.93. The minimum Gasteiger partial charge on any atom is -0.399 e. The number of ether oxygens (including phenoxy) is 1. The zero-order chi connectivity index (χ0) is 13.5. The van der Waals surface area contributed by atoms with E-state index in [1.54, 1.807) is 25.3 Å². The number of hydrogen-bond donors (Lipinski definition) is 2. The summed E-state index contributed by atoms with van der Waals surface area (Å²) in [4.78, 5) is 13.8. The predicted octanol–water partition coefficient (Wildman–Crippen LogP) is 1.11. The van der Waals surface area contributed by atoms with Crippen LogP contribution in [-0.4, -0.2) is 49.3 Å². The molecule has 0 heterocycles. The van der Waals surface area contributed by atoms with Gasteiger partial charge >= 0.3 is 0 Å². The van der Waals surface area contributed by atoms with Gasteiger partial charge in [-0.3, -0.25) is 4.79 Å². The Hall–Kier alpha value is -1.11. The summed E-state index contributed by atoms with van der Waals surface area (Å²) in [6.45, 7) is 1.03. The van der Waals surface area contributed by atoms with Crippen molar-refractivity contribution in [2.75, 3.05) is 39.1 Å². The third-order valence-electron chi connectivity index (χ3n) is 2.44. The molecule has 0 aromatic heterocycles. The normalized spacial score (nSPS) is 10.4. The Morgan fingerprint density at radius 1 is 1.50 bits per heavy atom. The number of carbonyl (C=O) groups is 1. The number of nitrogens with zero attached hydrogens (tertiary/aromatic N) is 1. The molecule has 0 saturated carbocycles. The van der Waals surface area contributed by atoms with E-state index in [4.69, 9.17) is 15.6 Å². The number of carbonyl (C=O) groups excluding carboxylic acids is 1. The molecule has 1 aromatic rings. The van der Waals surface area contributed by atoms with Gasteiger partial charge < -0.3 is 20.5 Å². The molecule has 0 fully saturated rings. The SMILES string of the molecule is COCCN(CCO)C(=O)c1cc(N)ccc1Br. The fourth-order valence-electron chi connectivity index (χ4n) is 1.51. The van der Waals surface area contributed by atoms with Crippen LogP contribution in [0.3, 0.4) is 0 Å². The van der Waals surface area contributed by atoms with Crippen molar-refractivity contribution in [1.29, 1.82) is 0 Å². The average molecular weight is 317 g/mol. The number of methoxy groups -OCH3 is 1. The molecule has 100 valence electrons. The zero-order valence-corrected chi connectivity index (χ0v) is 11.8. The molecule has 0 saturated heterocycles. The molecule has 1 aromatic carbocycles. The molecule has 3 N–H and O–H groups in total. The number of rotatable bonds is 6. The van der Waals surface area contributed by atoms with Gasteiger partial charge in [-0.1, -0.05) is 0 Å². The molecule has 0 aliphatic rings. The molecule has 0 spiro atoms. The van der Waals surface area contributed by atoms with Crippen molar-refractivity contribution >= 4 is 27.5 Å². The number of amides is 1. The molecule has 1 amide bonds. The van der Waals surface area contributed by atoms with Crippen LogP contribution < -0.4 is 5.73 Å². The fraction of sp³-hybridized carbons (Fsp3) is 0.417. The summed E-state index contributed by atoms with van der Waals surface area (Å²) in [6.07, 6.45) is 0. The highest BCUT2D eigenvalue weighted by Gasteiger charge is 2.17. The molecule has 6 heteroatoms. The van der Waals surface area contributed by atoms with Gasteiger partial charge in [-0.25, -0.2) is 0 Å². The van der Waals surface area contributed by atoms with Crippen LogP contribution in [0.25, 0.3) is 0 Å². The van der Waals surface area contributed by atoms with Crippen LogP contribution in [0.5, 0.6) is 0 Å². The van der Waals surface area contributed by atoms with E-state index in [0.717, 1.165) is 0 Å². The van der Waals surface area contributed by atoms with Crippen molar-refractivity contribution in [1.82, 2.24) is 4.90 Å². The first-order valence-corrected chi connectivity index (χ1v) is 6.33. The lowest BCUT2D eigenvalue weighted by Crippen LogP contribution is -2.36. The molecular weight excluding hydrogens is 300 g/mol. The van der Waals surface area contributed by atoms with E-state index in [1.165, 1.54) is 4.90 Å². The second-order valence-corrected chi connectivity index (χ2v) is 4.60. The predicted molar refractivity (Wildman–Crippen MR) is 73.4 cm³/mol. The van der Waals surface area contributed by atoms with Gasteiger partial charge in [-0.15, -0.1) is 0 Å². The van der Waals surface area contributed by atoms with Gasteiger partial charge in [-0.2, -0.15) is 0 Å². The highest BCUT2D eigenvalue weighted by Crippen LogP contribution is 2.21. The largest absolute Gasteiger partial charge is 0.399 e. The van der Waals surface area contributed by atoms with Crippen LogP contribution in [-0.2, 0) is 4.74 Å². The summed E-state index contributed by atoms with van der Waals surface area (Å²) < 4.78 is 5.63. The summed E-state index contributed by atoms with van der Waals surface area (Å²) in [5.74, 6) is -0.180. The Morgan fingerprint density at radius 2 is 2.22 bits per heavy atom. The van der Waals surface area contributed by atoms with Crippen LogP contribution in [0.1, 0.15) is 10.4 Å². The van der Waals surface area contributed by atoms with Crippen molar-refractivity contribution in [3.8, 4) is 0 Å². The molecule has 0 unspecified atom stereocenters. The topological polar surface area (TPSA) is 75.8 Å². The Kier molecular flexibility index (Phi) is 6.11. The van der Waals surface area contributed by atoms with E-state index in [2.05, 4.69) is 15.9 Å². The van der Waals surface area contributed by atoms with E-state index in [1.807, 2.05) is 0 Å². The van der Waals surface area contributed by atoms with Gasteiger partial charge in [0, 0.05) is 30.4 Å². The van der Waals surface area contributed by atoms with Crippen molar-refractivity contribution in [2.45, 2.75) is 0 Å². The Bertz CT molecular complexity index is 412. The molecule has 5 nitrogen and oxygen atoms in total. The van der Waals surface area contributed by atoms with E-state index in [-0.39, 0.29) is 19.1 Å². The van der Waals surface area contributed by atoms with Crippen LogP contribution in [0.15, 0.2) is 22.7 Å². The first kappa shape index (κ1) is 14.9. The number of nitrogen functional groups attached to an aromatic ring is 1. The first-order valence-electron chi connectivity index (χ1n) is 5.54. The monoisotopic (exact) mass is 316 g/mol. The van der Waals surface area contributed by atoms with Gasteiger partial charge in [0.25, 0.3) is 5.91 Å². The highest BCUT2D eigenvalue weighted by molar-refractivity contribution is 9.10. The summed E-state index contributed by atoms with van der Waals surface area (Å²) in [6, 6.07) is 5.06. The standard InChI is InChI=1S/C12H17BrN2O3/c1-18-7-5-15(4-6-16)12(17)10-8-9(14)2-3-11(10)13/h2-3,8,16H,4-7,14H2,1H3. The second-order valence-electron chi connectivity index (χ2n) is 3.75. The number of benzene rings is 1. The lowest BCUT2D eigenvalue weighted by Gasteiger charge is -2.22. The lowest BCUT2D eigenvalue weighted by molar-refractivity contribution is 0.0655. The number of aliphatic hydroxyl groups is 1. The van der Waals surface area contributed by atoms with E-state index in [0.29, 0.717) is 28.9 Å². The molecule has 1 rings (SSSR count). The van der Waals surface area contributed by atoms with Crippen LogP contribution in [0, 0.1) is 0 Å². The first-order chi connectivity index (χ1) is 8.60. The average Bonchev–Trinajstić information content (AvgIpc) is 2.36. The maximum atomic E-state index is 12.3. The van der Waals surface area contributed by atoms with Gasteiger partial charge in [0.05, 0.1) is 18.8 Å². The smallest absolute Gasteiger partial charge is 0.255 e. The zero-order valence-electron chi connectivity index (χ0n) is 10.2. The van der Waals surface area contributed by atoms with Crippen molar-refractivity contribution in [3.63, 3.8) is 0 Å². The molecule has 18 heavy (non-hydrogen) atoms. The van der Waals surface area contributed by atoms with E-state index in [9.17, 15) is 4.79 Å². The van der Waals surface area contributed by atoms with E-state index < -0.39 is 0 Å². The molecule has 0 bridgehead atoms. The highest BCUT2D eigenvalue weighted by atomic mass is 79.9.